The summed E-state index contributed by atoms with van der Waals surface area (Å²) in [6, 6.07) is 4.45. The highest BCUT2D eigenvalue weighted by atomic mass is 19.1. The Morgan fingerprint density at radius 3 is 2.63 bits per heavy atom. The molecule has 0 saturated carbocycles. The van der Waals surface area contributed by atoms with Gasteiger partial charge in [-0.25, -0.2) is 9.18 Å². The first kappa shape index (κ1) is 21.8. The third kappa shape index (κ3) is 4.81. The van der Waals surface area contributed by atoms with Crippen LogP contribution in [-0.2, 0) is 19.1 Å². The summed E-state index contributed by atoms with van der Waals surface area (Å²) in [5.41, 5.74) is 0.706. The molecule has 2 aliphatic heterocycles. The van der Waals surface area contributed by atoms with E-state index in [0.29, 0.717) is 43.9 Å². The fourth-order valence-corrected chi connectivity index (χ4v) is 3.68. The van der Waals surface area contributed by atoms with Gasteiger partial charge in [-0.1, -0.05) is 0 Å². The molecular weight excluding hydrogens is 397 g/mol. The summed E-state index contributed by atoms with van der Waals surface area (Å²) in [5.74, 6) is -1.55. The number of esters is 1. The molecule has 2 fully saturated rings. The summed E-state index contributed by atoms with van der Waals surface area (Å²) in [5, 5.41) is 11.7. The maximum atomic E-state index is 14.8. The first-order valence-electron chi connectivity index (χ1n) is 9.94. The molecule has 3 rings (SSSR count). The van der Waals surface area contributed by atoms with Crippen molar-refractivity contribution >= 4 is 29.3 Å². The van der Waals surface area contributed by atoms with Gasteiger partial charge in [-0.05, 0) is 38.0 Å². The molecule has 0 bridgehead atoms. The Labute approximate surface area is 173 Å². The molecule has 30 heavy (non-hydrogen) atoms. The highest BCUT2D eigenvalue weighted by Crippen LogP contribution is 2.30. The van der Waals surface area contributed by atoms with Crippen LogP contribution < -0.4 is 9.80 Å². The third-order valence-corrected chi connectivity index (χ3v) is 5.29. The number of carbonyl (C=O) groups excluding carboxylic acids is 3. The van der Waals surface area contributed by atoms with Crippen LogP contribution in [0.3, 0.4) is 0 Å². The Kier molecular flexibility index (Phi) is 6.76. The summed E-state index contributed by atoms with van der Waals surface area (Å²) in [4.78, 5) is 38.1. The number of piperidine rings is 1. The van der Waals surface area contributed by atoms with Crippen LogP contribution in [0.15, 0.2) is 18.2 Å². The van der Waals surface area contributed by atoms with E-state index in [-0.39, 0.29) is 30.0 Å². The lowest BCUT2D eigenvalue weighted by molar-refractivity contribution is -0.148. The molecule has 2 heterocycles. The van der Waals surface area contributed by atoms with Crippen molar-refractivity contribution in [3.63, 3.8) is 0 Å². The maximum Gasteiger partial charge on any atom is 0.414 e. The number of nitrogens with zero attached hydrogens (tertiary/aromatic N) is 3. The second-order valence-corrected chi connectivity index (χ2v) is 7.35. The lowest BCUT2D eigenvalue weighted by Crippen LogP contribution is -2.37. The number of amides is 2. The molecule has 1 atom stereocenters. The van der Waals surface area contributed by atoms with Crippen molar-refractivity contribution in [3.05, 3.63) is 29.2 Å². The largest absolute Gasteiger partial charge is 0.756 e. The average molecular weight is 422 g/mol. The molecule has 9 nitrogen and oxygen atoms in total. The molecule has 2 saturated heterocycles. The zero-order valence-electron chi connectivity index (χ0n) is 17.0. The second-order valence-electron chi connectivity index (χ2n) is 7.35. The Bertz CT molecular complexity index is 812. The molecule has 0 radical (unpaired) electrons. The fraction of sp³-hybridized carbons (Fsp3) is 0.550. The molecule has 2 amide bonds. The predicted octanol–water partition coefficient (Wildman–Crippen LogP) is 2.28. The number of cyclic esters (lactones) is 1. The monoisotopic (exact) mass is 422 g/mol. The van der Waals surface area contributed by atoms with Gasteiger partial charge in [0, 0.05) is 26.6 Å². The van der Waals surface area contributed by atoms with Gasteiger partial charge in [0.25, 0.3) is 0 Å². The van der Waals surface area contributed by atoms with Crippen LogP contribution in [-0.4, -0.2) is 61.9 Å². The van der Waals surface area contributed by atoms with Crippen molar-refractivity contribution in [1.82, 2.24) is 5.06 Å². The minimum absolute atomic E-state index is 0.0502. The first-order chi connectivity index (χ1) is 14.3. The van der Waals surface area contributed by atoms with E-state index in [9.17, 15) is 24.0 Å². The molecule has 0 aliphatic carbocycles. The number of carbonyl (C=O) groups is 3. The number of rotatable bonds is 6. The van der Waals surface area contributed by atoms with Crippen molar-refractivity contribution in [3.8, 4) is 0 Å². The van der Waals surface area contributed by atoms with Gasteiger partial charge >= 0.3 is 12.1 Å². The van der Waals surface area contributed by atoms with E-state index >= 15 is 0 Å². The SMILES string of the molecule is CCOC(=O)C1CCN(c2ccc(N3C[C@H](CN([O-])C(C)=O)OC3=O)cc2F)CC1. The molecule has 164 valence electrons. The summed E-state index contributed by atoms with van der Waals surface area (Å²) >= 11 is 0. The van der Waals surface area contributed by atoms with Crippen LogP contribution in [0.5, 0.6) is 0 Å². The van der Waals surface area contributed by atoms with E-state index < -0.39 is 23.9 Å². The van der Waals surface area contributed by atoms with Gasteiger partial charge in [-0.2, -0.15) is 0 Å². The van der Waals surface area contributed by atoms with E-state index in [1.165, 1.54) is 11.0 Å². The molecule has 0 aromatic heterocycles. The van der Waals surface area contributed by atoms with E-state index in [1.54, 1.807) is 19.1 Å². The standard InChI is InChI=1S/C20H25FN3O6/c1-3-29-19(26)14-6-8-22(9-7-14)18-5-4-15(10-17(18)21)23-11-16(30-20(23)27)12-24(28)13(2)25/h4-5,10,14,16H,3,6-9,11-12H2,1-2H3/q-1/t16-/m1/s1. The number of hydrogen-bond acceptors (Lipinski definition) is 7. The van der Waals surface area contributed by atoms with Crippen molar-refractivity contribution in [2.75, 3.05) is 42.6 Å². The van der Waals surface area contributed by atoms with Gasteiger partial charge in [0.1, 0.15) is 11.9 Å². The van der Waals surface area contributed by atoms with E-state index in [0.717, 1.165) is 6.92 Å². The summed E-state index contributed by atoms with van der Waals surface area (Å²) in [6.45, 7) is 4.07. The first-order valence-corrected chi connectivity index (χ1v) is 9.94. The van der Waals surface area contributed by atoms with Gasteiger partial charge in [0.2, 0.25) is 5.91 Å². The topological polar surface area (TPSA) is 102 Å². The molecule has 0 unspecified atom stereocenters. The quantitative estimate of drug-likeness (QED) is 0.512. The van der Waals surface area contributed by atoms with Crippen LogP contribution in [0.1, 0.15) is 26.7 Å². The normalized spacial score (nSPS) is 19.6. The minimum Gasteiger partial charge on any atom is -0.756 e. The van der Waals surface area contributed by atoms with Crippen molar-refractivity contribution in [2.45, 2.75) is 32.8 Å². The molecule has 1 aromatic carbocycles. The van der Waals surface area contributed by atoms with Crippen molar-refractivity contribution < 1.29 is 28.2 Å². The summed E-state index contributed by atoms with van der Waals surface area (Å²) in [6.07, 6.45) is -0.299. The number of benzene rings is 1. The van der Waals surface area contributed by atoms with Crippen LogP contribution in [0.25, 0.3) is 0 Å². The average Bonchev–Trinajstić information content (AvgIpc) is 3.08. The Morgan fingerprint density at radius 1 is 1.33 bits per heavy atom. The maximum absolute atomic E-state index is 14.8. The van der Waals surface area contributed by atoms with Crippen LogP contribution in [0.2, 0.25) is 0 Å². The van der Waals surface area contributed by atoms with Crippen molar-refractivity contribution in [2.24, 2.45) is 5.92 Å². The zero-order valence-corrected chi connectivity index (χ0v) is 17.0. The van der Waals surface area contributed by atoms with E-state index in [1.807, 2.05) is 4.90 Å². The van der Waals surface area contributed by atoms with Gasteiger partial charge in [-0.3, -0.25) is 14.5 Å². The number of ether oxygens (including phenoxy) is 2. The lowest BCUT2D eigenvalue weighted by Gasteiger charge is -2.33. The molecule has 10 heteroatoms. The van der Waals surface area contributed by atoms with Crippen LogP contribution in [0.4, 0.5) is 20.6 Å². The summed E-state index contributed by atoms with van der Waals surface area (Å²) in [7, 11) is 0. The van der Waals surface area contributed by atoms with Gasteiger partial charge in [0.05, 0.1) is 30.4 Å². The van der Waals surface area contributed by atoms with Gasteiger partial charge < -0.3 is 24.6 Å². The molecule has 1 aromatic rings. The number of hydrogen-bond donors (Lipinski definition) is 0. The van der Waals surface area contributed by atoms with Gasteiger partial charge in [-0.15, -0.1) is 0 Å². The second kappa shape index (κ2) is 9.29. The molecule has 0 spiro atoms. The van der Waals surface area contributed by atoms with E-state index in [2.05, 4.69) is 0 Å². The molecule has 2 aliphatic rings. The third-order valence-electron chi connectivity index (χ3n) is 5.29. The van der Waals surface area contributed by atoms with E-state index in [4.69, 9.17) is 9.47 Å². The Hall–Kier alpha value is -2.88. The lowest BCUT2D eigenvalue weighted by atomic mass is 9.96. The smallest absolute Gasteiger partial charge is 0.414 e. The van der Waals surface area contributed by atoms with Gasteiger partial charge in [0.15, 0.2) is 0 Å². The highest BCUT2D eigenvalue weighted by molar-refractivity contribution is 5.90. The Balaban J connectivity index is 1.63. The van der Waals surface area contributed by atoms with Crippen LogP contribution in [0, 0.1) is 16.9 Å². The number of anilines is 2. The molecular formula is C20H25FN3O6-. The number of hydroxylamine groups is 2. The number of halogens is 1. The Morgan fingerprint density at radius 2 is 2.03 bits per heavy atom. The predicted molar refractivity (Wildman–Crippen MR) is 106 cm³/mol. The molecule has 0 N–H and O–H groups in total. The fourth-order valence-electron chi connectivity index (χ4n) is 3.68. The minimum atomic E-state index is -0.774. The highest BCUT2D eigenvalue weighted by Gasteiger charge is 2.33. The zero-order chi connectivity index (χ0) is 21.8. The van der Waals surface area contributed by atoms with Crippen LogP contribution >= 0.6 is 0 Å². The summed E-state index contributed by atoms with van der Waals surface area (Å²) < 4.78 is 24.9. The van der Waals surface area contributed by atoms with Crippen molar-refractivity contribution in [1.29, 1.82) is 0 Å².